The van der Waals surface area contributed by atoms with Crippen LogP contribution in [0.5, 0.6) is 5.75 Å². The Morgan fingerprint density at radius 2 is 2.00 bits per heavy atom. The number of carbonyl (C=O) groups excluding carboxylic acids is 1. The van der Waals surface area contributed by atoms with Crippen molar-refractivity contribution in [1.82, 2.24) is 15.5 Å². The Labute approximate surface area is 157 Å². The zero-order valence-corrected chi connectivity index (χ0v) is 16.2. The highest BCUT2D eigenvalue weighted by molar-refractivity contribution is 5.78. The average molecular weight is 360 g/mol. The second-order valence-electron chi connectivity index (χ2n) is 7.71. The average Bonchev–Trinajstić information content (AvgIpc) is 2.69. The van der Waals surface area contributed by atoms with Crippen LogP contribution in [-0.2, 0) is 4.79 Å². The van der Waals surface area contributed by atoms with Crippen LogP contribution in [-0.4, -0.2) is 50.1 Å². The highest BCUT2D eigenvalue weighted by Gasteiger charge is 2.27. The van der Waals surface area contributed by atoms with Crippen molar-refractivity contribution in [3.05, 3.63) is 29.8 Å². The third-order valence-electron chi connectivity index (χ3n) is 5.80. The molecule has 0 saturated carbocycles. The van der Waals surface area contributed by atoms with Gasteiger partial charge in [-0.25, -0.2) is 0 Å². The molecule has 0 aliphatic carbocycles. The summed E-state index contributed by atoms with van der Waals surface area (Å²) in [5.41, 5.74) is 1.26. The lowest BCUT2D eigenvalue weighted by Crippen LogP contribution is -2.45. The van der Waals surface area contributed by atoms with E-state index in [0.717, 1.165) is 38.2 Å². The lowest BCUT2D eigenvalue weighted by Gasteiger charge is -2.35. The molecule has 1 aromatic rings. The maximum absolute atomic E-state index is 12.7. The molecular weight excluding hydrogens is 326 g/mol. The molecule has 144 valence electrons. The third kappa shape index (κ3) is 4.98. The summed E-state index contributed by atoms with van der Waals surface area (Å²) in [6, 6.07) is 8.97. The zero-order chi connectivity index (χ0) is 18.4. The molecule has 5 heteroatoms. The molecule has 0 radical (unpaired) electrons. The third-order valence-corrected chi connectivity index (χ3v) is 5.80. The fourth-order valence-corrected chi connectivity index (χ4v) is 4.23. The van der Waals surface area contributed by atoms with Crippen LogP contribution in [0.4, 0.5) is 0 Å². The highest BCUT2D eigenvalue weighted by Crippen LogP contribution is 2.26. The Bertz CT molecular complexity index is 569. The number of nitrogens with one attached hydrogen (secondary N) is 2. The number of likely N-dealkylation sites (tertiary alicyclic amines) is 1. The van der Waals surface area contributed by atoms with Crippen LogP contribution in [0.2, 0.25) is 0 Å². The van der Waals surface area contributed by atoms with Crippen molar-refractivity contribution in [2.24, 2.45) is 5.92 Å². The molecule has 1 aromatic carbocycles. The fraction of sp³-hybridized carbons (Fsp3) is 0.667. The minimum absolute atomic E-state index is 0.143. The number of methoxy groups -OCH3 is 1. The van der Waals surface area contributed by atoms with Gasteiger partial charge in [-0.2, -0.15) is 0 Å². The molecule has 0 spiro atoms. The van der Waals surface area contributed by atoms with E-state index in [1.54, 1.807) is 7.11 Å². The smallest absolute Gasteiger partial charge is 0.223 e. The Hall–Kier alpha value is -1.59. The van der Waals surface area contributed by atoms with Crippen molar-refractivity contribution in [1.29, 1.82) is 0 Å². The van der Waals surface area contributed by atoms with Crippen molar-refractivity contribution < 1.29 is 9.53 Å². The molecule has 26 heavy (non-hydrogen) atoms. The highest BCUT2D eigenvalue weighted by atomic mass is 16.5. The van der Waals surface area contributed by atoms with Crippen molar-refractivity contribution in [2.75, 3.05) is 33.3 Å². The van der Waals surface area contributed by atoms with Crippen LogP contribution in [0, 0.1) is 5.92 Å². The van der Waals surface area contributed by atoms with E-state index in [1.165, 1.54) is 24.8 Å². The summed E-state index contributed by atoms with van der Waals surface area (Å²) in [5, 5.41) is 6.68. The predicted octanol–water partition coefficient (Wildman–Crippen LogP) is 2.73. The number of amides is 1. The zero-order valence-electron chi connectivity index (χ0n) is 16.2. The summed E-state index contributed by atoms with van der Waals surface area (Å²) in [5.74, 6) is 1.23. The number of nitrogens with zero attached hydrogens (tertiary/aromatic N) is 1. The first kappa shape index (κ1) is 19.2. The predicted molar refractivity (Wildman–Crippen MR) is 104 cm³/mol. The maximum Gasteiger partial charge on any atom is 0.223 e. The Morgan fingerprint density at radius 3 is 2.65 bits per heavy atom. The van der Waals surface area contributed by atoms with Crippen LogP contribution in [0.1, 0.15) is 50.6 Å². The van der Waals surface area contributed by atoms with Crippen LogP contribution >= 0.6 is 0 Å². The summed E-state index contributed by atoms with van der Waals surface area (Å²) in [4.78, 5) is 15.2. The van der Waals surface area contributed by atoms with Crippen molar-refractivity contribution in [3.63, 3.8) is 0 Å². The van der Waals surface area contributed by atoms with Crippen molar-refractivity contribution in [3.8, 4) is 5.75 Å². The largest absolute Gasteiger partial charge is 0.497 e. The van der Waals surface area contributed by atoms with E-state index in [0.29, 0.717) is 12.6 Å². The number of benzene rings is 1. The van der Waals surface area contributed by atoms with E-state index in [9.17, 15) is 4.79 Å². The van der Waals surface area contributed by atoms with Gasteiger partial charge in [0.25, 0.3) is 0 Å². The first-order valence-electron chi connectivity index (χ1n) is 10.1. The van der Waals surface area contributed by atoms with Gasteiger partial charge in [-0.15, -0.1) is 0 Å². The summed E-state index contributed by atoms with van der Waals surface area (Å²) in [6.07, 6.45) is 5.67. The van der Waals surface area contributed by atoms with Gasteiger partial charge in [0, 0.05) is 18.5 Å². The van der Waals surface area contributed by atoms with Crippen molar-refractivity contribution in [2.45, 2.75) is 51.1 Å². The first-order chi connectivity index (χ1) is 12.7. The lowest BCUT2D eigenvalue weighted by atomic mass is 9.92. The second kappa shape index (κ2) is 9.38. The number of rotatable bonds is 6. The van der Waals surface area contributed by atoms with E-state index in [4.69, 9.17) is 4.74 Å². The van der Waals surface area contributed by atoms with E-state index >= 15 is 0 Å². The minimum atomic E-state index is 0.143. The van der Waals surface area contributed by atoms with Crippen LogP contribution in [0.15, 0.2) is 24.3 Å². The topological polar surface area (TPSA) is 53.6 Å². The summed E-state index contributed by atoms with van der Waals surface area (Å²) < 4.78 is 5.29. The van der Waals surface area contributed by atoms with Gasteiger partial charge in [0.05, 0.1) is 13.2 Å². The minimum Gasteiger partial charge on any atom is -0.497 e. The van der Waals surface area contributed by atoms with Gasteiger partial charge in [-0.1, -0.05) is 18.6 Å². The number of hydrogen-bond donors (Lipinski definition) is 2. The second-order valence-corrected chi connectivity index (χ2v) is 7.71. The first-order valence-corrected chi connectivity index (χ1v) is 10.1. The summed E-state index contributed by atoms with van der Waals surface area (Å²) in [6.45, 7) is 6.00. The molecule has 2 N–H and O–H groups in total. The standard InChI is InChI=1S/C21H33N3O2/c1-16-14-18(10-11-22-16)21(25)23-15-20(24-12-4-3-5-13-24)17-6-8-19(26-2)9-7-17/h6-9,16,18,20,22H,3-5,10-15H2,1-2H3,(H,23,25)/t16-,18-,20?/m0/s1. The van der Waals surface area contributed by atoms with Gasteiger partial charge >= 0.3 is 0 Å². The van der Waals surface area contributed by atoms with Gasteiger partial charge in [-0.05, 0) is 69.9 Å². The molecule has 1 unspecified atom stereocenters. The number of carbonyl (C=O) groups is 1. The van der Waals surface area contributed by atoms with Crippen LogP contribution < -0.4 is 15.4 Å². The Balaban J connectivity index is 1.65. The number of ether oxygens (including phenoxy) is 1. The van der Waals surface area contributed by atoms with Gasteiger partial charge in [0.1, 0.15) is 5.75 Å². The van der Waals surface area contributed by atoms with E-state index in [-0.39, 0.29) is 17.9 Å². The van der Waals surface area contributed by atoms with Crippen LogP contribution in [0.25, 0.3) is 0 Å². The summed E-state index contributed by atoms with van der Waals surface area (Å²) in [7, 11) is 1.69. The van der Waals surface area contributed by atoms with Gasteiger partial charge in [0.15, 0.2) is 0 Å². The fourth-order valence-electron chi connectivity index (χ4n) is 4.23. The molecule has 2 saturated heterocycles. The number of hydrogen-bond acceptors (Lipinski definition) is 4. The Kier molecular flexibility index (Phi) is 6.92. The van der Waals surface area contributed by atoms with Crippen molar-refractivity contribution >= 4 is 5.91 Å². The van der Waals surface area contributed by atoms with E-state index in [2.05, 4.69) is 34.6 Å². The SMILES string of the molecule is COc1ccc(C(CNC(=O)[C@H]2CCN[C@@H](C)C2)N2CCCCC2)cc1. The van der Waals surface area contributed by atoms with Gasteiger partial charge in [-0.3, -0.25) is 9.69 Å². The van der Waals surface area contributed by atoms with Gasteiger partial charge in [0.2, 0.25) is 5.91 Å². The molecule has 3 atom stereocenters. The lowest BCUT2D eigenvalue weighted by molar-refractivity contribution is -0.126. The molecule has 2 aliphatic heterocycles. The molecule has 0 bridgehead atoms. The molecule has 5 nitrogen and oxygen atoms in total. The molecular formula is C21H33N3O2. The molecule has 3 rings (SSSR count). The van der Waals surface area contributed by atoms with E-state index in [1.807, 2.05) is 12.1 Å². The number of piperidine rings is 2. The Morgan fingerprint density at radius 1 is 1.27 bits per heavy atom. The van der Waals surface area contributed by atoms with E-state index < -0.39 is 0 Å². The molecule has 2 fully saturated rings. The molecule has 1 amide bonds. The van der Waals surface area contributed by atoms with Crippen LogP contribution in [0.3, 0.4) is 0 Å². The molecule has 2 aliphatic rings. The quantitative estimate of drug-likeness (QED) is 0.820. The monoisotopic (exact) mass is 359 g/mol. The summed E-state index contributed by atoms with van der Waals surface area (Å²) >= 11 is 0. The normalized spacial score (nSPS) is 25.5. The maximum atomic E-state index is 12.7. The molecule has 2 heterocycles. The molecule has 0 aromatic heterocycles. The van der Waals surface area contributed by atoms with Gasteiger partial charge < -0.3 is 15.4 Å².